The molecule has 0 bridgehead atoms. The number of carbonyl (C=O) groups excluding carboxylic acids is 1. The van der Waals surface area contributed by atoms with E-state index in [-0.39, 0.29) is 11.9 Å². The Hall–Kier alpha value is -0.610. The van der Waals surface area contributed by atoms with E-state index in [1.807, 2.05) is 0 Å². The highest BCUT2D eigenvalue weighted by atomic mass is 16.1. The first-order valence-corrected chi connectivity index (χ1v) is 8.53. The number of rotatable bonds is 6. The van der Waals surface area contributed by atoms with Crippen LogP contribution in [-0.4, -0.2) is 42.0 Å². The molecule has 1 saturated heterocycles. The van der Waals surface area contributed by atoms with Crippen LogP contribution in [0.25, 0.3) is 0 Å². The monoisotopic (exact) mass is 279 g/mol. The Morgan fingerprint density at radius 2 is 1.90 bits per heavy atom. The molecule has 0 aromatic rings. The number of carbonyl (C=O) groups is 1. The predicted octanol–water partition coefficient (Wildman–Crippen LogP) is 1.64. The van der Waals surface area contributed by atoms with Crippen molar-refractivity contribution in [1.29, 1.82) is 0 Å². The van der Waals surface area contributed by atoms with E-state index in [4.69, 9.17) is 5.73 Å². The lowest BCUT2D eigenvalue weighted by Gasteiger charge is -2.44. The smallest absolute Gasteiger partial charge is 0.234 e. The van der Waals surface area contributed by atoms with Crippen molar-refractivity contribution < 1.29 is 4.79 Å². The Kier molecular flexibility index (Phi) is 4.61. The van der Waals surface area contributed by atoms with Crippen molar-refractivity contribution in [3.63, 3.8) is 0 Å². The van der Waals surface area contributed by atoms with Crippen LogP contribution in [0.2, 0.25) is 0 Å². The van der Waals surface area contributed by atoms with Crippen LogP contribution in [0, 0.1) is 5.92 Å². The molecule has 3 N–H and O–H groups in total. The first-order chi connectivity index (χ1) is 9.74. The van der Waals surface area contributed by atoms with Crippen molar-refractivity contribution in [1.82, 2.24) is 10.2 Å². The first kappa shape index (κ1) is 14.3. The molecule has 4 nitrogen and oxygen atoms in total. The molecule has 4 heteroatoms. The van der Waals surface area contributed by atoms with Crippen LogP contribution in [0.1, 0.15) is 57.8 Å². The zero-order chi connectivity index (χ0) is 13.9. The van der Waals surface area contributed by atoms with E-state index in [2.05, 4.69) is 10.2 Å². The van der Waals surface area contributed by atoms with Crippen LogP contribution in [-0.2, 0) is 4.79 Å². The minimum atomic E-state index is -0.172. The standard InChI is InChI=1S/C16H29N3O/c17-16(20)14(18-13-7-8-13)9-11-19-10-3-5-12-4-1-2-6-15(12)19/h12-15,18H,1-11H2,(H2,17,20). The summed E-state index contributed by atoms with van der Waals surface area (Å²) in [5.41, 5.74) is 5.54. The molecule has 1 amide bonds. The molecule has 20 heavy (non-hydrogen) atoms. The third-order valence-corrected chi connectivity index (χ3v) is 5.42. The summed E-state index contributed by atoms with van der Waals surface area (Å²) >= 11 is 0. The lowest BCUT2D eigenvalue weighted by Crippen LogP contribution is -2.50. The summed E-state index contributed by atoms with van der Waals surface area (Å²) in [5.74, 6) is 0.745. The fourth-order valence-corrected chi connectivity index (χ4v) is 4.14. The van der Waals surface area contributed by atoms with E-state index in [9.17, 15) is 4.79 Å². The molecule has 0 radical (unpaired) electrons. The Balaban J connectivity index is 1.51. The summed E-state index contributed by atoms with van der Waals surface area (Å²) < 4.78 is 0. The van der Waals surface area contributed by atoms with Gasteiger partial charge < -0.3 is 16.0 Å². The maximum Gasteiger partial charge on any atom is 0.234 e. The summed E-state index contributed by atoms with van der Waals surface area (Å²) in [6, 6.07) is 1.22. The lowest BCUT2D eigenvalue weighted by atomic mass is 9.78. The van der Waals surface area contributed by atoms with Gasteiger partial charge in [-0.15, -0.1) is 0 Å². The molecule has 3 unspecified atom stereocenters. The summed E-state index contributed by atoms with van der Waals surface area (Å²) in [4.78, 5) is 14.2. The van der Waals surface area contributed by atoms with Gasteiger partial charge in [-0.05, 0) is 57.4 Å². The second-order valence-corrected chi connectivity index (χ2v) is 6.97. The molecule has 3 atom stereocenters. The number of hydrogen-bond donors (Lipinski definition) is 2. The highest BCUT2D eigenvalue weighted by Crippen LogP contribution is 2.35. The SMILES string of the molecule is NC(=O)C(CCN1CCCC2CCCCC21)NC1CC1. The number of nitrogens with one attached hydrogen (secondary N) is 1. The van der Waals surface area contributed by atoms with Crippen molar-refractivity contribution in [2.75, 3.05) is 13.1 Å². The van der Waals surface area contributed by atoms with Crippen LogP contribution >= 0.6 is 0 Å². The maximum absolute atomic E-state index is 11.6. The van der Waals surface area contributed by atoms with Gasteiger partial charge in [-0.1, -0.05) is 12.8 Å². The van der Waals surface area contributed by atoms with Gasteiger partial charge >= 0.3 is 0 Å². The Morgan fingerprint density at radius 1 is 1.15 bits per heavy atom. The minimum Gasteiger partial charge on any atom is -0.368 e. The average molecular weight is 279 g/mol. The molecule has 2 saturated carbocycles. The number of fused-ring (bicyclic) bond motifs is 1. The van der Waals surface area contributed by atoms with Crippen molar-refractivity contribution in [2.45, 2.75) is 75.9 Å². The highest BCUT2D eigenvalue weighted by molar-refractivity contribution is 5.79. The van der Waals surface area contributed by atoms with Crippen LogP contribution in [0.3, 0.4) is 0 Å². The van der Waals surface area contributed by atoms with Gasteiger partial charge in [-0.25, -0.2) is 0 Å². The van der Waals surface area contributed by atoms with Gasteiger partial charge in [0.2, 0.25) is 5.91 Å². The topological polar surface area (TPSA) is 58.4 Å². The molecule has 114 valence electrons. The minimum absolute atomic E-state index is 0.119. The Morgan fingerprint density at radius 3 is 2.65 bits per heavy atom. The molecule has 3 fully saturated rings. The number of primary amides is 1. The number of likely N-dealkylation sites (tertiary alicyclic amines) is 1. The second-order valence-electron chi connectivity index (χ2n) is 6.97. The first-order valence-electron chi connectivity index (χ1n) is 8.53. The third kappa shape index (κ3) is 3.53. The fourth-order valence-electron chi connectivity index (χ4n) is 4.14. The van der Waals surface area contributed by atoms with Crippen LogP contribution in [0.5, 0.6) is 0 Å². The molecular weight excluding hydrogens is 250 g/mol. The van der Waals surface area contributed by atoms with E-state index in [1.54, 1.807) is 0 Å². The predicted molar refractivity (Wildman–Crippen MR) is 80.3 cm³/mol. The van der Waals surface area contributed by atoms with Crippen molar-refractivity contribution in [3.8, 4) is 0 Å². The normalized spacial score (nSPS) is 32.6. The van der Waals surface area contributed by atoms with E-state index in [0.717, 1.165) is 24.9 Å². The molecule has 0 aromatic heterocycles. The van der Waals surface area contributed by atoms with Crippen molar-refractivity contribution in [2.24, 2.45) is 11.7 Å². The van der Waals surface area contributed by atoms with Gasteiger partial charge in [-0.3, -0.25) is 4.79 Å². The summed E-state index contributed by atoms with van der Waals surface area (Å²) in [7, 11) is 0. The molecule has 3 aliphatic rings. The molecule has 3 rings (SSSR count). The largest absolute Gasteiger partial charge is 0.368 e. The molecule has 1 heterocycles. The summed E-state index contributed by atoms with van der Waals surface area (Å²) in [5, 5.41) is 3.40. The molecular formula is C16H29N3O. The van der Waals surface area contributed by atoms with Gasteiger partial charge in [0.15, 0.2) is 0 Å². The Bertz CT molecular complexity index is 341. The van der Waals surface area contributed by atoms with Gasteiger partial charge in [0.1, 0.15) is 0 Å². The zero-order valence-corrected chi connectivity index (χ0v) is 12.5. The second kappa shape index (κ2) is 6.44. The summed E-state index contributed by atoms with van der Waals surface area (Å²) in [6.07, 6.45) is 11.6. The van der Waals surface area contributed by atoms with E-state index in [1.165, 1.54) is 57.9 Å². The van der Waals surface area contributed by atoms with E-state index < -0.39 is 0 Å². The molecule has 0 aromatic carbocycles. The molecule has 1 aliphatic heterocycles. The van der Waals surface area contributed by atoms with Gasteiger partial charge in [-0.2, -0.15) is 0 Å². The number of nitrogens with two attached hydrogens (primary N) is 1. The number of hydrogen-bond acceptors (Lipinski definition) is 3. The highest BCUT2D eigenvalue weighted by Gasteiger charge is 2.34. The van der Waals surface area contributed by atoms with Crippen LogP contribution in [0.4, 0.5) is 0 Å². The van der Waals surface area contributed by atoms with Crippen molar-refractivity contribution in [3.05, 3.63) is 0 Å². The lowest BCUT2D eigenvalue weighted by molar-refractivity contribution is -0.120. The van der Waals surface area contributed by atoms with E-state index in [0.29, 0.717) is 6.04 Å². The third-order valence-electron chi connectivity index (χ3n) is 5.42. The fraction of sp³-hybridized carbons (Fsp3) is 0.938. The van der Waals surface area contributed by atoms with E-state index >= 15 is 0 Å². The molecule has 0 spiro atoms. The van der Waals surface area contributed by atoms with Crippen LogP contribution < -0.4 is 11.1 Å². The van der Waals surface area contributed by atoms with Gasteiger partial charge in [0.25, 0.3) is 0 Å². The average Bonchev–Trinajstić information content (AvgIpc) is 3.27. The quantitative estimate of drug-likeness (QED) is 0.777. The Labute approximate surface area is 122 Å². The molecule has 2 aliphatic carbocycles. The zero-order valence-electron chi connectivity index (χ0n) is 12.5. The van der Waals surface area contributed by atoms with Crippen molar-refractivity contribution >= 4 is 5.91 Å². The number of nitrogens with zero attached hydrogens (tertiary/aromatic N) is 1. The summed E-state index contributed by atoms with van der Waals surface area (Å²) in [6.45, 7) is 2.25. The van der Waals surface area contributed by atoms with Gasteiger partial charge in [0, 0.05) is 18.6 Å². The number of piperidine rings is 1. The van der Waals surface area contributed by atoms with Gasteiger partial charge in [0.05, 0.1) is 6.04 Å². The van der Waals surface area contributed by atoms with Crippen LogP contribution in [0.15, 0.2) is 0 Å². The number of amides is 1. The maximum atomic E-state index is 11.6.